The lowest BCUT2D eigenvalue weighted by Gasteiger charge is -2.23. The van der Waals surface area contributed by atoms with E-state index in [4.69, 9.17) is 5.11 Å². The molecule has 0 heterocycles. The third-order valence-electron chi connectivity index (χ3n) is 2.60. The van der Waals surface area contributed by atoms with Crippen LogP contribution in [0.25, 0.3) is 0 Å². The van der Waals surface area contributed by atoms with Gasteiger partial charge in [-0.15, -0.1) is 0 Å². The van der Waals surface area contributed by atoms with Crippen LogP contribution in [0.15, 0.2) is 29.2 Å². The molecule has 0 saturated heterocycles. The van der Waals surface area contributed by atoms with Crippen LogP contribution in [0.4, 0.5) is 0 Å². The van der Waals surface area contributed by atoms with E-state index in [0.717, 1.165) is 7.88 Å². The van der Waals surface area contributed by atoms with Crippen molar-refractivity contribution in [3.05, 3.63) is 27.8 Å². The average molecular weight is 383 g/mol. The molecule has 7 heteroatoms. The van der Waals surface area contributed by atoms with Crippen molar-refractivity contribution in [1.29, 1.82) is 0 Å². The number of hydrogen-bond donors (Lipinski definition) is 1. The molecule has 0 fully saturated rings. The van der Waals surface area contributed by atoms with Crippen molar-refractivity contribution < 1.29 is 18.3 Å². The zero-order valence-electron chi connectivity index (χ0n) is 10.00. The average Bonchev–Trinajstić information content (AvgIpc) is 2.29. The molecule has 5 nitrogen and oxygen atoms in total. The predicted octanol–water partition coefficient (Wildman–Crippen LogP) is 1.77. The Morgan fingerprint density at radius 2 is 1.89 bits per heavy atom. The molecule has 0 aliphatic heterocycles. The Hall–Kier alpha value is -0.670. The summed E-state index contributed by atoms with van der Waals surface area (Å²) in [5.41, 5.74) is 0. The second kappa shape index (κ2) is 5.98. The molecule has 1 aromatic carbocycles. The summed E-state index contributed by atoms with van der Waals surface area (Å²) in [6, 6.07) is 5.24. The molecular formula is C11H14INO4S. The first-order valence-corrected chi connectivity index (χ1v) is 7.79. The van der Waals surface area contributed by atoms with Gasteiger partial charge in [0.2, 0.25) is 10.0 Å². The van der Waals surface area contributed by atoms with Crippen molar-refractivity contribution in [1.82, 2.24) is 4.31 Å². The molecule has 0 aromatic heterocycles. The lowest BCUT2D eigenvalue weighted by Crippen LogP contribution is -2.41. The molecule has 0 amide bonds. The Labute approximate surface area is 120 Å². The van der Waals surface area contributed by atoms with Crippen molar-refractivity contribution in [2.45, 2.75) is 24.3 Å². The van der Waals surface area contributed by atoms with Gasteiger partial charge < -0.3 is 5.11 Å². The highest BCUT2D eigenvalue weighted by atomic mass is 127. The zero-order valence-corrected chi connectivity index (χ0v) is 13.0. The lowest BCUT2D eigenvalue weighted by molar-refractivity contribution is -0.141. The number of sulfonamides is 1. The van der Waals surface area contributed by atoms with Gasteiger partial charge in [0.15, 0.2) is 0 Å². The minimum absolute atomic E-state index is 0.102. The maximum absolute atomic E-state index is 12.2. The van der Waals surface area contributed by atoms with E-state index in [1.807, 2.05) is 0 Å². The van der Waals surface area contributed by atoms with Gasteiger partial charge in [-0.25, -0.2) is 8.42 Å². The smallest absolute Gasteiger partial charge is 0.321 e. The Kier molecular flexibility index (Phi) is 5.11. The van der Waals surface area contributed by atoms with Gasteiger partial charge in [-0.1, -0.05) is 6.92 Å². The van der Waals surface area contributed by atoms with Gasteiger partial charge in [0, 0.05) is 10.6 Å². The topological polar surface area (TPSA) is 74.7 Å². The Bertz CT molecular complexity index is 526. The number of rotatable bonds is 5. The third kappa shape index (κ3) is 3.21. The van der Waals surface area contributed by atoms with Gasteiger partial charge in [0.05, 0.1) is 4.90 Å². The summed E-state index contributed by atoms with van der Waals surface area (Å²) in [6.07, 6.45) is 0.218. The monoisotopic (exact) mass is 383 g/mol. The minimum atomic E-state index is -3.76. The number of nitrogens with zero attached hydrogens (tertiary/aromatic N) is 1. The van der Waals surface area contributed by atoms with Gasteiger partial charge in [0.25, 0.3) is 0 Å². The highest BCUT2D eigenvalue weighted by Crippen LogP contribution is 2.19. The maximum Gasteiger partial charge on any atom is 0.321 e. The fraction of sp³-hybridized carbons (Fsp3) is 0.364. The number of halogens is 1. The normalized spacial score (nSPS) is 13.6. The molecule has 1 atom stereocenters. The number of benzene rings is 1. The van der Waals surface area contributed by atoms with E-state index in [1.54, 1.807) is 19.1 Å². The summed E-state index contributed by atoms with van der Waals surface area (Å²) in [6.45, 7) is 1.64. The van der Waals surface area contributed by atoms with E-state index in [1.165, 1.54) is 19.2 Å². The van der Waals surface area contributed by atoms with E-state index in [2.05, 4.69) is 22.6 Å². The van der Waals surface area contributed by atoms with Crippen molar-refractivity contribution in [3.8, 4) is 0 Å². The van der Waals surface area contributed by atoms with Crippen LogP contribution in [0.3, 0.4) is 0 Å². The second-order valence-electron chi connectivity index (χ2n) is 3.74. The summed E-state index contributed by atoms with van der Waals surface area (Å²) < 4.78 is 26.2. The minimum Gasteiger partial charge on any atom is -0.480 e. The Morgan fingerprint density at radius 1 is 1.39 bits per heavy atom. The lowest BCUT2D eigenvalue weighted by atomic mass is 10.2. The van der Waals surface area contributed by atoms with Crippen molar-refractivity contribution in [3.63, 3.8) is 0 Å². The van der Waals surface area contributed by atoms with E-state index < -0.39 is 22.0 Å². The molecule has 1 aromatic rings. The molecule has 100 valence electrons. The number of likely N-dealkylation sites (N-methyl/N-ethyl adjacent to an activating group) is 1. The number of carboxylic acids is 1. The van der Waals surface area contributed by atoms with E-state index in [9.17, 15) is 13.2 Å². The fourth-order valence-corrected chi connectivity index (χ4v) is 3.27. The first kappa shape index (κ1) is 15.4. The Balaban J connectivity index is 3.13. The van der Waals surface area contributed by atoms with Crippen LogP contribution in [0.2, 0.25) is 0 Å². The Morgan fingerprint density at radius 3 is 2.28 bits per heavy atom. The molecule has 1 rings (SSSR count). The highest BCUT2D eigenvalue weighted by molar-refractivity contribution is 14.1. The standard InChI is InChI=1S/C11H14INO4S/c1-3-10(11(14)15)13(2)18(16,17)9-6-4-8(12)5-7-9/h4-7,10H,3H2,1-2H3,(H,14,15). The van der Waals surface area contributed by atoms with E-state index in [-0.39, 0.29) is 11.3 Å². The van der Waals surface area contributed by atoms with Crippen molar-refractivity contribution >= 4 is 38.6 Å². The zero-order chi connectivity index (χ0) is 13.9. The molecule has 0 aliphatic rings. The summed E-state index contributed by atoms with van der Waals surface area (Å²) >= 11 is 2.07. The molecule has 1 N–H and O–H groups in total. The van der Waals surface area contributed by atoms with Gasteiger partial charge in [-0.2, -0.15) is 4.31 Å². The largest absolute Gasteiger partial charge is 0.480 e. The van der Waals surface area contributed by atoms with Crippen LogP contribution in [-0.4, -0.2) is 36.9 Å². The van der Waals surface area contributed by atoms with Crippen LogP contribution in [0, 0.1) is 3.57 Å². The number of carbonyl (C=O) groups is 1. The van der Waals surface area contributed by atoms with Gasteiger partial charge in [-0.05, 0) is 53.3 Å². The first-order chi connectivity index (χ1) is 8.30. The summed E-state index contributed by atoms with van der Waals surface area (Å²) in [5, 5.41) is 8.99. The SMILES string of the molecule is CCC(C(=O)O)N(C)S(=O)(=O)c1ccc(I)cc1. The summed E-state index contributed by atoms with van der Waals surface area (Å²) in [7, 11) is -2.48. The van der Waals surface area contributed by atoms with Crippen LogP contribution < -0.4 is 0 Å². The van der Waals surface area contributed by atoms with Gasteiger partial charge >= 0.3 is 5.97 Å². The number of aliphatic carboxylic acids is 1. The molecule has 0 aliphatic carbocycles. The number of hydrogen-bond acceptors (Lipinski definition) is 3. The van der Waals surface area contributed by atoms with Crippen LogP contribution in [0.5, 0.6) is 0 Å². The van der Waals surface area contributed by atoms with Gasteiger partial charge in [0.1, 0.15) is 6.04 Å². The molecule has 0 spiro atoms. The first-order valence-electron chi connectivity index (χ1n) is 5.27. The molecule has 0 radical (unpaired) electrons. The third-order valence-corrected chi connectivity index (χ3v) is 5.20. The fourth-order valence-electron chi connectivity index (χ4n) is 1.53. The molecule has 18 heavy (non-hydrogen) atoms. The number of carboxylic acid groups (broad SMARTS) is 1. The second-order valence-corrected chi connectivity index (χ2v) is 6.98. The quantitative estimate of drug-likeness (QED) is 0.787. The molecule has 0 saturated carbocycles. The van der Waals surface area contributed by atoms with Crippen LogP contribution >= 0.6 is 22.6 Å². The van der Waals surface area contributed by atoms with Crippen molar-refractivity contribution in [2.75, 3.05) is 7.05 Å². The van der Waals surface area contributed by atoms with Crippen LogP contribution in [0.1, 0.15) is 13.3 Å². The van der Waals surface area contributed by atoms with E-state index >= 15 is 0 Å². The summed E-state index contributed by atoms with van der Waals surface area (Å²) in [4.78, 5) is 11.1. The molecular weight excluding hydrogens is 369 g/mol. The van der Waals surface area contributed by atoms with Crippen molar-refractivity contribution in [2.24, 2.45) is 0 Å². The van der Waals surface area contributed by atoms with E-state index in [0.29, 0.717) is 0 Å². The summed E-state index contributed by atoms with van der Waals surface area (Å²) in [5.74, 6) is -1.14. The molecule has 1 unspecified atom stereocenters. The molecule has 0 bridgehead atoms. The van der Waals surface area contributed by atoms with Gasteiger partial charge in [-0.3, -0.25) is 4.79 Å². The van der Waals surface area contributed by atoms with Crippen LogP contribution in [-0.2, 0) is 14.8 Å². The highest BCUT2D eigenvalue weighted by Gasteiger charge is 2.31. The maximum atomic E-state index is 12.2. The predicted molar refractivity (Wildman–Crippen MR) is 75.8 cm³/mol.